The lowest BCUT2D eigenvalue weighted by atomic mass is 9.55. The van der Waals surface area contributed by atoms with Crippen LogP contribution in [0.25, 0.3) is 0 Å². The smallest absolute Gasteiger partial charge is 0.409 e. The van der Waals surface area contributed by atoms with Gasteiger partial charge in [0.05, 0.1) is 24.8 Å². The molecule has 1 heterocycles. The number of oxime groups is 1. The number of benzene rings is 2. The summed E-state index contributed by atoms with van der Waals surface area (Å²) >= 11 is 0. The van der Waals surface area contributed by atoms with Crippen molar-refractivity contribution in [2.75, 3.05) is 33.5 Å². The fraction of sp³-hybridized carbons (Fsp3) is 0.556. The number of aryl methyl sites for hydroxylation is 2. The fourth-order valence-electron chi connectivity index (χ4n) is 8.36. The first-order valence-corrected chi connectivity index (χ1v) is 19.9. The molecule has 10 nitrogen and oxygen atoms in total. The number of rotatable bonds is 18. The number of allylic oxidation sites excluding steroid dienone is 1. The van der Waals surface area contributed by atoms with E-state index in [0.717, 1.165) is 53.8 Å². The lowest BCUT2D eigenvalue weighted by Crippen LogP contribution is -2.69. The van der Waals surface area contributed by atoms with Crippen LogP contribution in [0.5, 0.6) is 17.2 Å². The number of aliphatic hydroxyl groups excluding tert-OH is 2. The van der Waals surface area contributed by atoms with E-state index in [9.17, 15) is 15.0 Å². The van der Waals surface area contributed by atoms with Crippen LogP contribution in [-0.4, -0.2) is 77.8 Å². The molecule has 2 aromatic carbocycles. The van der Waals surface area contributed by atoms with Crippen molar-refractivity contribution in [3.05, 3.63) is 90.0 Å². The van der Waals surface area contributed by atoms with Crippen molar-refractivity contribution in [3.8, 4) is 17.2 Å². The molecule has 10 heteroatoms. The van der Waals surface area contributed by atoms with Crippen LogP contribution in [0.2, 0.25) is 0 Å². The Bertz CT molecular complexity index is 1710. The summed E-state index contributed by atoms with van der Waals surface area (Å²) in [6.07, 6.45) is 10.8. The number of fused-ring (bicyclic) bond motifs is 2. The Hall–Kier alpha value is -4.12. The van der Waals surface area contributed by atoms with Gasteiger partial charge in [-0.15, -0.1) is 13.2 Å². The lowest BCUT2D eigenvalue weighted by Gasteiger charge is -2.59. The molecule has 6 atom stereocenters. The third-order valence-electron chi connectivity index (χ3n) is 11.1. The van der Waals surface area contributed by atoms with E-state index in [0.29, 0.717) is 30.8 Å². The molecule has 1 amide bonds. The van der Waals surface area contributed by atoms with Crippen molar-refractivity contribution >= 4 is 11.8 Å². The van der Waals surface area contributed by atoms with Gasteiger partial charge in [0.1, 0.15) is 28.9 Å². The number of nitrogens with zero attached hydrogens (tertiary/aromatic N) is 2. The van der Waals surface area contributed by atoms with E-state index in [4.69, 9.17) is 28.9 Å². The first kappa shape index (κ1) is 42.0. The zero-order valence-electron chi connectivity index (χ0n) is 33.7. The summed E-state index contributed by atoms with van der Waals surface area (Å²) in [5.74, 6) is 0.365. The highest BCUT2D eigenvalue weighted by atomic mass is 16.7. The van der Waals surface area contributed by atoms with Crippen LogP contribution in [0, 0.1) is 31.6 Å². The van der Waals surface area contributed by atoms with E-state index in [-0.39, 0.29) is 50.6 Å². The summed E-state index contributed by atoms with van der Waals surface area (Å²) in [6, 6.07) is 11.4. The third kappa shape index (κ3) is 9.65. The van der Waals surface area contributed by atoms with Crippen LogP contribution < -0.4 is 9.47 Å². The van der Waals surface area contributed by atoms with E-state index in [1.807, 2.05) is 45.0 Å². The van der Waals surface area contributed by atoms with Gasteiger partial charge < -0.3 is 38.9 Å². The van der Waals surface area contributed by atoms with Gasteiger partial charge >= 0.3 is 6.09 Å². The molecule has 1 saturated carbocycles. The second kappa shape index (κ2) is 18.7. The van der Waals surface area contributed by atoms with E-state index >= 15 is 0 Å². The van der Waals surface area contributed by atoms with Crippen molar-refractivity contribution in [1.29, 1.82) is 0 Å². The Morgan fingerprint density at radius 3 is 2.38 bits per heavy atom. The average Bonchev–Trinajstić information content (AvgIpc) is 3.15. The molecule has 0 aromatic heterocycles. The normalized spacial score (nSPS) is 24.8. The molecule has 1 fully saturated rings. The van der Waals surface area contributed by atoms with Crippen molar-refractivity contribution in [2.45, 2.75) is 109 Å². The standard InChI is InChI=1S/C45H62N2O8/c1-9-11-25-51-43(50)47(8)40-29-38(46-55-44(5,6)7)36-27-32(16-12-14-22-48)35(17-13-15-23-49)41-37-28-34(53-33-19-18-30(3)31(4)26-33)20-21-39(37)54-45(40,42(36)41)52-24-10-2/h9-10,18-21,26-28,32,35,40-42,48-49H,1-2,11-17,22-25,29H2,3-8H3/t32-,35+,40-,41+,42+,45+/m0/s1. The van der Waals surface area contributed by atoms with E-state index in [1.165, 1.54) is 5.56 Å². The van der Waals surface area contributed by atoms with Crippen LogP contribution in [0.4, 0.5) is 4.79 Å². The molecule has 2 aliphatic carbocycles. The molecule has 55 heavy (non-hydrogen) atoms. The maximum absolute atomic E-state index is 13.8. The molecule has 0 unspecified atom stereocenters. The number of carbonyl (C=O) groups excluding carboxylic acids is 1. The number of likely N-dealkylation sites (N-methyl/N-ethyl adjacent to an activating group) is 1. The maximum atomic E-state index is 13.8. The predicted molar refractivity (Wildman–Crippen MR) is 216 cm³/mol. The first-order valence-electron chi connectivity index (χ1n) is 19.9. The Kier molecular flexibility index (Phi) is 14.3. The SMILES string of the molecule is C=CCCOC(=O)N(C)[C@H]1CC(=NOC(C)(C)C)C2=C[C@H](CCCCO)[C@@H](CCCCO)[C@@H]3c4cc(Oc5ccc(C)c(C)c5)ccc4O[C@@]1(OCC=C)[C@H]23. The van der Waals surface area contributed by atoms with Crippen molar-refractivity contribution in [1.82, 2.24) is 4.90 Å². The van der Waals surface area contributed by atoms with Crippen LogP contribution in [0.15, 0.2) is 78.5 Å². The number of hydrogen-bond donors (Lipinski definition) is 2. The molecular weight excluding hydrogens is 697 g/mol. The van der Waals surface area contributed by atoms with Gasteiger partial charge in [-0.05, 0) is 126 Å². The second-order valence-corrected chi connectivity index (χ2v) is 16.1. The molecule has 0 radical (unpaired) electrons. The zero-order chi connectivity index (χ0) is 39.8. The third-order valence-corrected chi connectivity index (χ3v) is 11.1. The van der Waals surface area contributed by atoms with Gasteiger partial charge in [-0.3, -0.25) is 0 Å². The minimum atomic E-state index is -1.35. The molecule has 300 valence electrons. The number of unbranched alkanes of at least 4 members (excludes halogenated alkanes) is 2. The van der Waals surface area contributed by atoms with Gasteiger partial charge in [-0.2, -0.15) is 0 Å². The van der Waals surface area contributed by atoms with Gasteiger partial charge in [0.25, 0.3) is 0 Å². The van der Waals surface area contributed by atoms with Gasteiger partial charge in [0, 0.05) is 38.2 Å². The van der Waals surface area contributed by atoms with Crippen LogP contribution in [0.3, 0.4) is 0 Å². The first-order chi connectivity index (χ1) is 26.4. The summed E-state index contributed by atoms with van der Waals surface area (Å²) in [5, 5.41) is 24.5. The molecule has 1 aliphatic heterocycles. The molecule has 5 rings (SSSR count). The highest BCUT2D eigenvalue weighted by Crippen LogP contribution is 2.62. The number of carbonyl (C=O) groups is 1. The topological polar surface area (TPSA) is 119 Å². The maximum Gasteiger partial charge on any atom is 0.409 e. The highest BCUT2D eigenvalue weighted by molar-refractivity contribution is 6.03. The lowest BCUT2D eigenvalue weighted by molar-refractivity contribution is -0.253. The van der Waals surface area contributed by atoms with Crippen LogP contribution >= 0.6 is 0 Å². The zero-order valence-corrected chi connectivity index (χ0v) is 33.7. The quantitative estimate of drug-likeness (QED) is 0.0878. The minimum Gasteiger partial charge on any atom is -0.459 e. The Balaban J connectivity index is 1.75. The summed E-state index contributed by atoms with van der Waals surface area (Å²) in [6.45, 7) is 18.4. The number of ether oxygens (including phenoxy) is 4. The van der Waals surface area contributed by atoms with Crippen LogP contribution in [-0.2, 0) is 14.3 Å². The second-order valence-electron chi connectivity index (χ2n) is 16.1. The van der Waals surface area contributed by atoms with E-state index < -0.39 is 29.4 Å². The molecule has 0 saturated heterocycles. The Morgan fingerprint density at radius 1 is 1.00 bits per heavy atom. The number of aliphatic hydroxyl groups is 2. The molecule has 0 bridgehead atoms. The predicted octanol–water partition coefficient (Wildman–Crippen LogP) is 9.17. The molecular formula is C45H62N2O8. The fourth-order valence-corrected chi connectivity index (χ4v) is 8.36. The molecule has 3 aliphatic rings. The van der Waals surface area contributed by atoms with Gasteiger partial charge in [0.2, 0.25) is 5.79 Å². The van der Waals surface area contributed by atoms with Crippen molar-refractivity contribution < 1.29 is 38.8 Å². The molecule has 0 spiro atoms. The largest absolute Gasteiger partial charge is 0.459 e. The number of amides is 1. The van der Waals surface area contributed by atoms with E-state index in [2.05, 4.69) is 45.2 Å². The summed E-state index contributed by atoms with van der Waals surface area (Å²) < 4.78 is 26.4. The van der Waals surface area contributed by atoms with Gasteiger partial charge in [-0.25, -0.2) is 4.79 Å². The minimum absolute atomic E-state index is 0.0959. The molecule has 2 N–H and O–H groups in total. The molecule has 2 aromatic rings. The van der Waals surface area contributed by atoms with Gasteiger partial charge in [-0.1, -0.05) is 42.3 Å². The van der Waals surface area contributed by atoms with Crippen molar-refractivity contribution in [2.24, 2.45) is 22.9 Å². The summed E-state index contributed by atoms with van der Waals surface area (Å²) in [5.41, 5.74) is 4.46. The number of hydrogen-bond acceptors (Lipinski definition) is 9. The Labute approximate surface area is 327 Å². The summed E-state index contributed by atoms with van der Waals surface area (Å²) in [4.78, 5) is 21.6. The van der Waals surface area contributed by atoms with E-state index in [1.54, 1.807) is 24.1 Å². The van der Waals surface area contributed by atoms with Crippen molar-refractivity contribution in [3.63, 3.8) is 0 Å². The summed E-state index contributed by atoms with van der Waals surface area (Å²) in [7, 11) is 1.73. The highest BCUT2D eigenvalue weighted by Gasteiger charge is 2.65. The van der Waals surface area contributed by atoms with Crippen LogP contribution in [0.1, 0.15) is 94.7 Å². The Morgan fingerprint density at radius 2 is 1.71 bits per heavy atom. The monoisotopic (exact) mass is 758 g/mol. The average molecular weight is 759 g/mol. The van der Waals surface area contributed by atoms with Gasteiger partial charge in [0.15, 0.2) is 0 Å².